The Morgan fingerprint density at radius 1 is 0.667 bits per heavy atom. The lowest BCUT2D eigenvalue weighted by atomic mass is 9.89. The van der Waals surface area contributed by atoms with Gasteiger partial charge in [0.25, 0.3) is 6.26 Å². The van der Waals surface area contributed by atoms with Crippen LogP contribution in [0.15, 0.2) is 12.1 Å². The van der Waals surface area contributed by atoms with Gasteiger partial charge >= 0.3 is 6.03 Å². The van der Waals surface area contributed by atoms with Gasteiger partial charge in [-0.3, -0.25) is 9.80 Å². The highest BCUT2D eigenvalue weighted by Gasteiger charge is 2.43. The molecular weight excluding hydrogens is 725 g/mol. The normalized spacial score (nSPS) is 22.3. The second kappa shape index (κ2) is 15.4. The number of likely N-dealkylation sites (tertiary alicyclic amines) is 2. The SMILES string of the molecule is N#COc1c2c(cc3c1CCC3)CCC2.NS(=O)(=O)C1CN(C2CCC2)C1.O=C(Nc1c2c(cc3c1CCC3)CCC2)NS(=O)(=O)C1CN(C2CCC2)C1. The highest BCUT2D eigenvalue weighted by atomic mass is 32.2. The molecule has 0 atom stereocenters. The molecule has 2 amide bonds. The molecule has 4 N–H and O–H groups in total. The van der Waals surface area contributed by atoms with Crippen LogP contribution in [0.5, 0.6) is 5.75 Å². The number of carbonyl (C=O) groups excluding carboxylic acids is 1. The molecular formula is C40H54N6O6S2. The number of nitrogens with one attached hydrogen (secondary N) is 2. The van der Waals surface area contributed by atoms with E-state index in [9.17, 15) is 21.6 Å². The summed E-state index contributed by atoms with van der Waals surface area (Å²) >= 11 is 0. The Morgan fingerprint density at radius 3 is 1.50 bits per heavy atom. The third-order valence-electron chi connectivity index (χ3n) is 13.4. The van der Waals surface area contributed by atoms with Crippen LogP contribution in [0, 0.1) is 11.5 Å². The number of nitrogens with two attached hydrogens (primary N) is 1. The van der Waals surface area contributed by atoms with Gasteiger partial charge in [0.1, 0.15) is 16.2 Å². The van der Waals surface area contributed by atoms with Crippen LogP contribution in [0.3, 0.4) is 0 Å². The Kier molecular flexibility index (Phi) is 10.7. The van der Waals surface area contributed by atoms with E-state index in [1.165, 1.54) is 95.9 Å². The van der Waals surface area contributed by atoms with Crippen molar-refractivity contribution in [1.82, 2.24) is 14.5 Å². The second-order valence-electron chi connectivity index (χ2n) is 16.6. The molecule has 10 rings (SSSR count). The summed E-state index contributed by atoms with van der Waals surface area (Å²) in [5.74, 6) is 0.903. The van der Waals surface area contributed by atoms with Crippen LogP contribution in [0.2, 0.25) is 0 Å². The summed E-state index contributed by atoms with van der Waals surface area (Å²) in [7, 11) is -6.88. The van der Waals surface area contributed by atoms with Crippen molar-refractivity contribution in [2.45, 2.75) is 138 Å². The fraction of sp³-hybridized carbons (Fsp3) is 0.650. The average Bonchev–Trinajstić information content (AvgIpc) is 3.85. The van der Waals surface area contributed by atoms with Crippen molar-refractivity contribution in [3.8, 4) is 12.0 Å². The summed E-state index contributed by atoms with van der Waals surface area (Å²) in [4.78, 5) is 17.0. The van der Waals surface area contributed by atoms with Crippen molar-refractivity contribution in [3.05, 3.63) is 56.6 Å². The quantitative estimate of drug-likeness (QED) is 0.345. The molecule has 2 saturated carbocycles. The minimum absolute atomic E-state index is 0.293. The molecule has 0 bridgehead atoms. The third kappa shape index (κ3) is 7.63. The topological polar surface area (TPSA) is 175 Å². The van der Waals surface area contributed by atoms with E-state index in [-0.39, 0.29) is 5.25 Å². The second-order valence-corrected chi connectivity index (χ2v) is 20.4. The molecule has 4 fully saturated rings. The number of benzene rings is 2. The van der Waals surface area contributed by atoms with E-state index >= 15 is 0 Å². The van der Waals surface area contributed by atoms with E-state index in [0.29, 0.717) is 38.3 Å². The molecule has 2 saturated heterocycles. The molecule has 292 valence electrons. The zero-order chi connectivity index (χ0) is 37.6. The van der Waals surface area contributed by atoms with Gasteiger partial charge in [0.2, 0.25) is 20.0 Å². The van der Waals surface area contributed by atoms with Gasteiger partial charge < -0.3 is 10.1 Å². The van der Waals surface area contributed by atoms with Crippen LogP contribution in [0.25, 0.3) is 0 Å². The van der Waals surface area contributed by atoms with Gasteiger partial charge in [-0.2, -0.15) is 0 Å². The number of nitrogens with zero attached hydrogens (tertiary/aromatic N) is 3. The van der Waals surface area contributed by atoms with Gasteiger partial charge in [-0.1, -0.05) is 25.0 Å². The van der Waals surface area contributed by atoms with Gasteiger partial charge in [0.05, 0.1) is 0 Å². The van der Waals surface area contributed by atoms with Crippen molar-refractivity contribution >= 4 is 31.8 Å². The number of aryl methyl sites for hydroxylation is 4. The first kappa shape index (κ1) is 37.7. The van der Waals surface area contributed by atoms with E-state index in [4.69, 9.17) is 15.1 Å². The molecule has 0 aromatic heterocycles. The summed E-state index contributed by atoms with van der Waals surface area (Å²) in [6.07, 6.45) is 22.3. The first-order valence-corrected chi connectivity index (χ1v) is 23.4. The van der Waals surface area contributed by atoms with Gasteiger partial charge in [0, 0.05) is 44.0 Å². The van der Waals surface area contributed by atoms with Crippen LogP contribution >= 0.6 is 0 Å². The molecule has 0 unspecified atom stereocenters. The fourth-order valence-electron chi connectivity index (χ4n) is 9.69. The maximum Gasteiger partial charge on any atom is 0.332 e. The average molecular weight is 779 g/mol. The lowest BCUT2D eigenvalue weighted by Crippen LogP contribution is -2.62. The minimum atomic E-state index is -3.63. The molecule has 14 heteroatoms. The number of anilines is 1. The maximum atomic E-state index is 12.6. The molecule has 2 aromatic rings. The highest BCUT2D eigenvalue weighted by Crippen LogP contribution is 2.41. The molecule has 0 radical (unpaired) electrons. The molecule has 2 aliphatic heterocycles. The van der Waals surface area contributed by atoms with E-state index in [1.54, 1.807) is 0 Å². The number of carbonyl (C=O) groups is 1. The lowest BCUT2D eigenvalue weighted by molar-refractivity contribution is 0.0704. The molecule has 2 heterocycles. The van der Waals surface area contributed by atoms with E-state index < -0.39 is 31.3 Å². The molecule has 54 heavy (non-hydrogen) atoms. The van der Waals surface area contributed by atoms with Crippen LogP contribution in [-0.4, -0.2) is 81.4 Å². The number of primary sulfonamides is 1. The summed E-state index contributed by atoms with van der Waals surface area (Å²) in [5.41, 5.74) is 11.4. The standard InChI is InChI=1S/C20H27N3O3S.C13H13NO.C7H14N2O2S/c24-20(22-27(25,26)16-11-23(12-16)15-6-3-7-15)21-19-17-8-1-4-13(17)10-14-5-2-9-18(14)19;14-8-15-13-11-5-1-3-9(11)7-10-4-2-6-12(10)13;8-12(10,11)7-4-9(5-7)6-2-1-3-6/h10,15-16H,1-9,11-12H2,(H2,21,22,24);7H,1-6H2;6-7H,1-5H2,(H2,8,10,11). The number of amides is 2. The highest BCUT2D eigenvalue weighted by molar-refractivity contribution is 7.90. The smallest absolute Gasteiger partial charge is 0.332 e. The predicted octanol–water partition coefficient (Wildman–Crippen LogP) is 4.39. The summed E-state index contributed by atoms with van der Waals surface area (Å²) in [6, 6.07) is 5.25. The van der Waals surface area contributed by atoms with Crippen molar-refractivity contribution in [1.29, 1.82) is 5.26 Å². The van der Waals surface area contributed by atoms with Gasteiger partial charge in [0.15, 0.2) is 0 Å². The third-order valence-corrected chi connectivity index (χ3v) is 16.2. The summed E-state index contributed by atoms with van der Waals surface area (Å²) < 4.78 is 54.3. The lowest BCUT2D eigenvalue weighted by Gasteiger charge is -2.47. The zero-order valence-electron chi connectivity index (χ0n) is 31.2. The first-order chi connectivity index (χ1) is 26.0. The monoisotopic (exact) mass is 778 g/mol. The summed E-state index contributed by atoms with van der Waals surface area (Å²) in [6.45, 7) is 2.40. The fourth-order valence-corrected chi connectivity index (χ4v) is 11.7. The molecule has 6 aliphatic carbocycles. The molecule has 8 aliphatic rings. The van der Waals surface area contributed by atoms with E-state index in [1.807, 2.05) is 6.26 Å². The Morgan fingerprint density at radius 2 is 1.09 bits per heavy atom. The van der Waals surface area contributed by atoms with Crippen LogP contribution in [-0.2, 0) is 71.4 Å². The van der Waals surface area contributed by atoms with Crippen LogP contribution < -0.4 is 19.9 Å². The first-order valence-electron chi connectivity index (χ1n) is 20.2. The molecule has 12 nitrogen and oxygen atoms in total. The molecule has 2 aromatic carbocycles. The van der Waals surface area contributed by atoms with Gasteiger partial charge in [-0.05, 0) is 147 Å². The van der Waals surface area contributed by atoms with Crippen molar-refractivity contribution in [3.63, 3.8) is 0 Å². The zero-order valence-corrected chi connectivity index (χ0v) is 32.8. The maximum absolute atomic E-state index is 12.6. The van der Waals surface area contributed by atoms with E-state index in [2.05, 4.69) is 32.0 Å². The molecule has 0 spiro atoms. The number of ether oxygens (including phenoxy) is 1. The number of hydrogen-bond acceptors (Lipinski definition) is 9. The number of hydrogen-bond donors (Lipinski definition) is 3. The summed E-state index contributed by atoms with van der Waals surface area (Å²) in [5, 5.41) is 15.9. The number of fused-ring (bicyclic) bond motifs is 4. The Bertz CT molecular complexity index is 1980. The number of urea groups is 1. The van der Waals surface area contributed by atoms with E-state index in [0.717, 1.165) is 75.6 Å². The number of rotatable bonds is 7. The van der Waals surface area contributed by atoms with Crippen molar-refractivity contribution in [2.24, 2.45) is 5.14 Å². The van der Waals surface area contributed by atoms with Crippen molar-refractivity contribution in [2.75, 3.05) is 31.5 Å². The Hall–Kier alpha value is -3.22. The van der Waals surface area contributed by atoms with Gasteiger partial charge in [-0.15, -0.1) is 5.26 Å². The van der Waals surface area contributed by atoms with Crippen molar-refractivity contribution < 1.29 is 26.4 Å². The predicted molar refractivity (Wildman–Crippen MR) is 207 cm³/mol. The van der Waals surface area contributed by atoms with Crippen LogP contribution in [0.4, 0.5) is 10.5 Å². The van der Waals surface area contributed by atoms with Gasteiger partial charge in [-0.25, -0.2) is 31.5 Å². The Labute approximate surface area is 320 Å². The van der Waals surface area contributed by atoms with Crippen LogP contribution in [0.1, 0.15) is 109 Å². The largest absolute Gasteiger partial charge is 0.387 e. The minimum Gasteiger partial charge on any atom is -0.387 e. The number of sulfonamides is 2. The number of nitriles is 1. The Balaban J connectivity index is 0.000000128.